The molecule has 1 fully saturated rings. The molecular formula is C15H18BrNO4. The summed E-state index contributed by atoms with van der Waals surface area (Å²) in [6, 6.07) is 7.17. The standard InChI is InChI=1S/C15H18BrNO4/c1-9(21-13-6-3-11(16)4-7-13)14(18)17-12-5-2-10(8-12)15(19)20/h3-4,6-7,9-10,12H,2,5,8H2,1H3,(H,17,18)(H,19,20). The van der Waals surface area contributed by atoms with Crippen molar-refractivity contribution in [2.24, 2.45) is 5.92 Å². The minimum absolute atomic E-state index is 0.0745. The van der Waals surface area contributed by atoms with Crippen LogP contribution in [0.4, 0.5) is 0 Å². The van der Waals surface area contributed by atoms with Crippen LogP contribution in [0.15, 0.2) is 28.7 Å². The number of carboxylic acids is 1. The molecule has 0 radical (unpaired) electrons. The molecule has 5 nitrogen and oxygen atoms in total. The van der Waals surface area contributed by atoms with E-state index in [0.29, 0.717) is 25.0 Å². The van der Waals surface area contributed by atoms with E-state index < -0.39 is 12.1 Å². The molecule has 0 saturated heterocycles. The van der Waals surface area contributed by atoms with E-state index in [9.17, 15) is 9.59 Å². The van der Waals surface area contributed by atoms with Gasteiger partial charge in [-0.05, 0) is 50.5 Å². The lowest BCUT2D eigenvalue weighted by molar-refractivity contribution is -0.141. The molecule has 1 aliphatic rings. The van der Waals surface area contributed by atoms with Gasteiger partial charge in [-0.1, -0.05) is 15.9 Å². The quantitative estimate of drug-likeness (QED) is 0.850. The average Bonchev–Trinajstić information content (AvgIpc) is 2.90. The fraction of sp³-hybridized carbons (Fsp3) is 0.467. The van der Waals surface area contributed by atoms with Crippen LogP contribution in [0.2, 0.25) is 0 Å². The molecule has 2 rings (SSSR count). The van der Waals surface area contributed by atoms with Crippen LogP contribution in [0.1, 0.15) is 26.2 Å². The molecule has 21 heavy (non-hydrogen) atoms. The minimum Gasteiger partial charge on any atom is -0.481 e. The van der Waals surface area contributed by atoms with Gasteiger partial charge < -0.3 is 15.2 Å². The Morgan fingerprint density at radius 2 is 2.00 bits per heavy atom. The molecule has 0 aromatic heterocycles. The fourth-order valence-corrected chi connectivity index (χ4v) is 2.69. The van der Waals surface area contributed by atoms with Crippen molar-refractivity contribution >= 4 is 27.8 Å². The smallest absolute Gasteiger partial charge is 0.306 e. The topological polar surface area (TPSA) is 75.6 Å². The van der Waals surface area contributed by atoms with Gasteiger partial charge >= 0.3 is 5.97 Å². The second kappa shape index (κ2) is 6.93. The van der Waals surface area contributed by atoms with Gasteiger partial charge in [0.15, 0.2) is 6.10 Å². The maximum absolute atomic E-state index is 12.1. The number of halogens is 1. The van der Waals surface area contributed by atoms with E-state index in [0.717, 1.165) is 4.47 Å². The molecule has 114 valence electrons. The highest BCUT2D eigenvalue weighted by molar-refractivity contribution is 9.10. The highest BCUT2D eigenvalue weighted by Crippen LogP contribution is 2.25. The first-order valence-corrected chi connectivity index (χ1v) is 7.70. The third-order valence-corrected chi connectivity index (χ3v) is 4.15. The fourth-order valence-electron chi connectivity index (χ4n) is 2.43. The lowest BCUT2D eigenvalue weighted by atomic mass is 10.1. The van der Waals surface area contributed by atoms with Crippen LogP contribution in [0.5, 0.6) is 5.75 Å². The zero-order chi connectivity index (χ0) is 15.4. The van der Waals surface area contributed by atoms with Gasteiger partial charge in [-0.15, -0.1) is 0 Å². The second-order valence-corrected chi connectivity index (χ2v) is 6.18. The van der Waals surface area contributed by atoms with Gasteiger partial charge in [0.05, 0.1) is 5.92 Å². The second-order valence-electron chi connectivity index (χ2n) is 5.27. The van der Waals surface area contributed by atoms with E-state index in [-0.39, 0.29) is 17.9 Å². The van der Waals surface area contributed by atoms with Crippen molar-refractivity contribution in [2.45, 2.75) is 38.3 Å². The lowest BCUT2D eigenvalue weighted by Crippen LogP contribution is -2.41. The van der Waals surface area contributed by atoms with Crippen molar-refractivity contribution in [3.63, 3.8) is 0 Å². The first-order valence-electron chi connectivity index (χ1n) is 6.91. The molecular weight excluding hydrogens is 338 g/mol. The summed E-state index contributed by atoms with van der Waals surface area (Å²) in [5.74, 6) is -0.728. The van der Waals surface area contributed by atoms with Crippen molar-refractivity contribution in [1.82, 2.24) is 5.32 Å². The van der Waals surface area contributed by atoms with Crippen LogP contribution in [0, 0.1) is 5.92 Å². The van der Waals surface area contributed by atoms with Gasteiger partial charge in [0.2, 0.25) is 0 Å². The number of ether oxygens (including phenoxy) is 1. The largest absolute Gasteiger partial charge is 0.481 e. The van der Waals surface area contributed by atoms with Crippen molar-refractivity contribution in [3.05, 3.63) is 28.7 Å². The summed E-state index contributed by atoms with van der Waals surface area (Å²) < 4.78 is 6.51. The van der Waals surface area contributed by atoms with Crippen LogP contribution >= 0.6 is 15.9 Å². The molecule has 1 saturated carbocycles. The number of hydrogen-bond donors (Lipinski definition) is 2. The summed E-state index contributed by atoms with van der Waals surface area (Å²) in [6.07, 6.45) is 1.19. The van der Waals surface area contributed by atoms with Crippen molar-refractivity contribution in [2.75, 3.05) is 0 Å². The summed E-state index contributed by atoms with van der Waals surface area (Å²) in [5.41, 5.74) is 0. The number of aliphatic carboxylic acids is 1. The third-order valence-electron chi connectivity index (χ3n) is 3.62. The van der Waals surface area contributed by atoms with E-state index >= 15 is 0 Å². The van der Waals surface area contributed by atoms with Crippen LogP contribution in [0.3, 0.4) is 0 Å². The Morgan fingerprint density at radius 3 is 2.57 bits per heavy atom. The Morgan fingerprint density at radius 1 is 1.33 bits per heavy atom. The molecule has 0 spiro atoms. The number of carboxylic acid groups (broad SMARTS) is 1. The summed E-state index contributed by atoms with van der Waals surface area (Å²) in [6.45, 7) is 1.68. The molecule has 1 aliphatic carbocycles. The Kier molecular flexibility index (Phi) is 5.22. The Hall–Kier alpha value is -1.56. The van der Waals surface area contributed by atoms with Crippen molar-refractivity contribution in [3.8, 4) is 5.75 Å². The van der Waals surface area contributed by atoms with Crippen molar-refractivity contribution < 1.29 is 19.4 Å². The van der Waals surface area contributed by atoms with Crippen LogP contribution < -0.4 is 10.1 Å². The van der Waals surface area contributed by atoms with Gasteiger partial charge in [0.25, 0.3) is 5.91 Å². The SMILES string of the molecule is CC(Oc1ccc(Br)cc1)C(=O)NC1CCC(C(=O)O)C1. The van der Waals surface area contributed by atoms with Gasteiger partial charge in [0.1, 0.15) is 5.75 Å². The lowest BCUT2D eigenvalue weighted by Gasteiger charge is -2.18. The first-order chi connectivity index (χ1) is 9.95. The Bertz CT molecular complexity index is 517. The monoisotopic (exact) mass is 355 g/mol. The molecule has 0 heterocycles. The van der Waals surface area contributed by atoms with E-state index in [1.807, 2.05) is 12.1 Å². The van der Waals surface area contributed by atoms with Crippen LogP contribution in [-0.4, -0.2) is 29.1 Å². The normalized spacial score (nSPS) is 22.6. The maximum atomic E-state index is 12.1. The predicted molar refractivity (Wildman–Crippen MR) is 81.1 cm³/mol. The molecule has 3 atom stereocenters. The highest BCUT2D eigenvalue weighted by Gasteiger charge is 2.31. The minimum atomic E-state index is -0.786. The van der Waals surface area contributed by atoms with Crippen LogP contribution in [-0.2, 0) is 9.59 Å². The van der Waals surface area contributed by atoms with Gasteiger partial charge in [-0.2, -0.15) is 0 Å². The van der Waals surface area contributed by atoms with E-state index in [1.165, 1.54) is 0 Å². The number of nitrogens with one attached hydrogen (secondary N) is 1. The number of carbonyl (C=O) groups is 2. The molecule has 1 aromatic carbocycles. The summed E-state index contributed by atoms with van der Waals surface area (Å²) in [4.78, 5) is 22.9. The molecule has 3 unspecified atom stereocenters. The zero-order valence-electron chi connectivity index (χ0n) is 11.7. The Balaban J connectivity index is 1.83. The van der Waals surface area contributed by atoms with E-state index in [4.69, 9.17) is 9.84 Å². The predicted octanol–water partition coefficient (Wildman–Crippen LogP) is 2.59. The van der Waals surface area contributed by atoms with Gasteiger partial charge in [-0.25, -0.2) is 0 Å². The Labute approximate surface area is 131 Å². The summed E-state index contributed by atoms with van der Waals surface area (Å²) >= 11 is 3.33. The molecule has 0 aliphatic heterocycles. The molecule has 6 heteroatoms. The van der Waals surface area contributed by atoms with Gasteiger partial charge in [-0.3, -0.25) is 9.59 Å². The zero-order valence-corrected chi connectivity index (χ0v) is 13.3. The summed E-state index contributed by atoms with van der Waals surface area (Å²) in [7, 11) is 0. The molecule has 0 bridgehead atoms. The highest BCUT2D eigenvalue weighted by atomic mass is 79.9. The van der Waals surface area contributed by atoms with Crippen LogP contribution in [0.25, 0.3) is 0 Å². The molecule has 1 amide bonds. The van der Waals surface area contributed by atoms with Gasteiger partial charge in [0, 0.05) is 10.5 Å². The number of benzene rings is 1. The average molecular weight is 356 g/mol. The third kappa shape index (κ3) is 4.46. The number of carbonyl (C=O) groups excluding carboxylic acids is 1. The number of amides is 1. The van der Waals surface area contributed by atoms with E-state index in [2.05, 4.69) is 21.2 Å². The number of rotatable bonds is 5. The molecule has 1 aromatic rings. The summed E-state index contributed by atoms with van der Waals surface area (Å²) in [5, 5.41) is 11.8. The number of hydrogen-bond acceptors (Lipinski definition) is 3. The van der Waals surface area contributed by atoms with Crippen molar-refractivity contribution in [1.29, 1.82) is 0 Å². The maximum Gasteiger partial charge on any atom is 0.306 e. The molecule has 2 N–H and O–H groups in total. The first kappa shape index (κ1) is 15.8. The van der Waals surface area contributed by atoms with E-state index in [1.54, 1.807) is 19.1 Å².